The van der Waals surface area contributed by atoms with Crippen LogP contribution in [-0.4, -0.2) is 69.1 Å². The molecule has 264 valence electrons. The molecule has 3 aromatic heterocycles. The Labute approximate surface area is 309 Å². The number of carbonyl (C=O) groups is 2. The number of hydrogen-bond acceptors (Lipinski definition) is 10. The van der Waals surface area contributed by atoms with Crippen LogP contribution in [0.2, 0.25) is 10.0 Å². The standard InChI is InChI=1S/C37H37Cl2N7O4S/c1-50-36-21(18-40-19-22-12-14-30(47)42-22)11-13-26(44-36)25-8-4-6-23(32(25)38)24-7-5-9-27(33(24)39)43-35-34-29(15-16-41-35)51-31(45-34)20-46-17-3-2-10-28(46)37(48)49/h4-9,11,13,15-16,22,28,40H,2-3,10,12,14,17-20H2,1H3,(H,41,43)(H,42,47)(H,48,49)/t22-,28?/m0/s1. The maximum atomic E-state index is 11.9. The van der Waals surface area contributed by atoms with Gasteiger partial charge in [-0.2, -0.15) is 0 Å². The molecule has 2 saturated heterocycles. The third kappa shape index (κ3) is 7.65. The summed E-state index contributed by atoms with van der Waals surface area (Å²) in [6, 6.07) is 16.9. The summed E-state index contributed by atoms with van der Waals surface area (Å²) in [6.07, 6.45) is 5.66. The van der Waals surface area contributed by atoms with E-state index >= 15 is 0 Å². The Bertz CT molecular complexity index is 2090. The number of thiazole rings is 1. The summed E-state index contributed by atoms with van der Waals surface area (Å²) in [5, 5.41) is 21.3. The highest BCUT2D eigenvalue weighted by atomic mass is 35.5. The van der Waals surface area contributed by atoms with Gasteiger partial charge in [0.05, 0.1) is 39.8 Å². The van der Waals surface area contributed by atoms with Gasteiger partial charge in [-0.05, 0) is 44.0 Å². The first-order chi connectivity index (χ1) is 24.8. The van der Waals surface area contributed by atoms with Crippen LogP contribution in [0.4, 0.5) is 11.5 Å². The van der Waals surface area contributed by atoms with E-state index in [-0.39, 0.29) is 11.9 Å². The van der Waals surface area contributed by atoms with Gasteiger partial charge >= 0.3 is 5.97 Å². The Hall–Kier alpha value is -4.33. The van der Waals surface area contributed by atoms with E-state index in [9.17, 15) is 14.7 Å². The number of fused-ring (bicyclic) bond motifs is 1. The number of hydrogen-bond donors (Lipinski definition) is 4. The van der Waals surface area contributed by atoms with Crippen molar-refractivity contribution in [2.45, 2.75) is 57.3 Å². The third-order valence-electron chi connectivity index (χ3n) is 9.33. The molecule has 0 bridgehead atoms. The number of carboxylic acid groups (broad SMARTS) is 1. The highest BCUT2D eigenvalue weighted by Gasteiger charge is 2.29. The van der Waals surface area contributed by atoms with Crippen LogP contribution in [0.25, 0.3) is 32.6 Å². The van der Waals surface area contributed by atoms with E-state index < -0.39 is 12.0 Å². The first-order valence-electron chi connectivity index (χ1n) is 16.9. The molecule has 14 heteroatoms. The maximum Gasteiger partial charge on any atom is 0.320 e. The topological polar surface area (TPSA) is 142 Å². The summed E-state index contributed by atoms with van der Waals surface area (Å²) in [7, 11) is 1.59. The molecule has 4 N–H and O–H groups in total. The molecule has 0 radical (unpaired) electrons. The van der Waals surface area contributed by atoms with Crippen molar-refractivity contribution >= 4 is 68.1 Å². The summed E-state index contributed by atoms with van der Waals surface area (Å²) in [4.78, 5) is 39.6. The Balaban J connectivity index is 1.11. The molecule has 2 aromatic carbocycles. The van der Waals surface area contributed by atoms with Crippen molar-refractivity contribution < 1.29 is 19.4 Å². The van der Waals surface area contributed by atoms with E-state index in [1.54, 1.807) is 13.3 Å². The van der Waals surface area contributed by atoms with Crippen LogP contribution in [-0.2, 0) is 22.7 Å². The van der Waals surface area contributed by atoms with E-state index in [0.717, 1.165) is 57.8 Å². The van der Waals surface area contributed by atoms with Crippen LogP contribution in [0.5, 0.6) is 5.88 Å². The van der Waals surface area contributed by atoms with E-state index in [1.807, 2.05) is 59.5 Å². The van der Waals surface area contributed by atoms with Gasteiger partial charge in [0, 0.05) is 54.0 Å². The number of nitrogens with zero attached hydrogens (tertiary/aromatic N) is 4. The summed E-state index contributed by atoms with van der Waals surface area (Å²) >= 11 is 15.7. The van der Waals surface area contributed by atoms with Gasteiger partial charge in [-0.1, -0.05) is 66.0 Å². The number of amides is 1. The lowest BCUT2D eigenvalue weighted by Crippen LogP contribution is -2.43. The lowest BCUT2D eigenvalue weighted by molar-refractivity contribution is -0.144. The van der Waals surface area contributed by atoms with Gasteiger partial charge in [0.2, 0.25) is 11.8 Å². The molecule has 1 amide bonds. The number of aliphatic carboxylic acids is 1. The van der Waals surface area contributed by atoms with E-state index in [4.69, 9.17) is 37.9 Å². The molecular weight excluding hydrogens is 709 g/mol. The normalized spacial score (nSPS) is 17.8. The zero-order valence-electron chi connectivity index (χ0n) is 27.9. The quantitative estimate of drug-likeness (QED) is 0.103. The number of piperidine rings is 1. The molecule has 1 unspecified atom stereocenters. The minimum atomic E-state index is -0.786. The molecule has 2 atom stereocenters. The maximum absolute atomic E-state index is 11.9. The highest BCUT2D eigenvalue weighted by Crippen LogP contribution is 2.42. The van der Waals surface area contributed by atoms with Crippen LogP contribution in [0.15, 0.2) is 60.8 Å². The summed E-state index contributed by atoms with van der Waals surface area (Å²) in [5.41, 5.74) is 5.10. The van der Waals surface area contributed by atoms with Gasteiger partial charge in [0.1, 0.15) is 16.6 Å². The van der Waals surface area contributed by atoms with Crippen molar-refractivity contribution in [1.82, 2.24) is 30.5 Å². The number of benzene rings is 2. The Morgan fingerprint density at radius 3 is 2.63 bits per heavy atom. The molecule has 11 nitrogen and oxygen atoms in total. The third-order valence-corrected chi connectivity index (χ3v) is 11.1. The van der Waals surface area contributed by atoms with Gasteiger partial charge in [-0.15, -0.1) is 11.3 Å². The first-order valence-corrected chi connectivity index (χ1v) is 18.5. The van der Waals surface area contributed by atoms with Crippen molar-refractivity contribution in [3.63, 3.8) is 0 Å². The second-order valence-corrected chi connectivity index (χ2v) is 14.6. The zero-order chi connectivity index (χ0) is 35.5. The van der Waals surface area contributed by atoms with Crippen molar-refractivity contribution in [2.75, 3.05) is 25.5 Å². The monoisotopic (exact) mass is 745 g/mol. The van der Waals surface area contributed by atoms with Crippen molar-refractivity contribution in [3.8, 4) is 28.3 Å². The SMILES string of the molecule is COc1nc(-c2cccc(-c3cccc(Nc4nccc5sc(CN6CCCCC6C(=O)O)nc45)c3Cl)c2Cl)ccc1CNC[C@@H]1CCC(=O)N1. The fraction of sp³-hybridized carbons (Fsp3) is 0.324. The van der Waals surface area contributed by atoms with Gasteiger partial charge in [0.15, 0.2) is 5.82 Å². The van der Waals surface area contributed by atoms with Crippen LogP contribution in [0.3, 0.4) is 0 Å². The fourth-order valence-electron chi connectivity index (χ4n) is 6.74. The number of halogens is 2. The summed E-state index contributed by atoms with van der Waals surface area (Å²) in [6.45, 7) is 2.42. The predicted molar refractivity (Wildman–Crippen MR) is 201 cm³/mol. The lowest BCUT2D eigenvalue weighted by atomic mass is 10.00. The number of rotatable bonds is 12. The smallest absolute Gasteiger partial charge is 0.320 e. The molecule has 7 rings (SSSR count). The van der Waals surface area contributed by atoms with Crippen molar-refractivity contribution in [1.29, 1.82) is 0 Å². The number of methoxy groups -OCH3 is 1. The molecule has 2 aliphatic rings. The molecule has 2 fully saturated rings. The summed E-state index contributed by atoms with van der Waals surface area (Å²) in [5.74, 6) is 0.355. The number of carbonyl (C=O) groups excluding carboxylic acids is 1. The molecule has 5 heterocycles. The molecular formula is C37H37Cl2N7O4S. The van der Waals surface area contributed by atoms with Crippen molar-refractivity contribution in [2.24, 2.45) is 0 Å². The number of likely N-dealkylation sites (tertiary alicyclic amines) is 1. The predicted octanol–water partition coefficient (Wildman–Crippen LogP) is 7.29. The first kappa shape index (κ1) is 35.1. The van der Waals surface area contributed by atoms with Crippen LogP contribution >= 0.6 is 34.5 Å². The van der Waals surface area contributed by atoms with E-state index in [1.165, 1.54) is 11.3 Å². The average molecular weight is 747 g/mol. The van der Waals surface area contributed by atoms with Gasteiger partial charge in [-0.25, -0.2) is 15.0 Å². The van der Waals surface area contributed by atoms with E-state index in [0.29, 0.717) is 71.1 Å². The van der Waals surface area contributed by atoms with Gasteiger partial charge in [-0.3, -0.25) is 14.5 Å². The second-order valence-electron chi connectivity index (χ2n) is 12.7. The van der Waals surface area contributed by atoms with Gasteiger partial charge in [0.25, 0.3) is 0 Å². The Kier molecular flexibility index (Phi) is 10.7. The largest absolute Gasteiger partial charge is 0.481 e. The lowest BCUT2D eigenvalue weighted by Gasteiger charge is -2.31. The molecule has 0 saturated carbocycles. The Morgan fingerprint density at radius 1 is 1.04 bits per heavy atom. The molecule has 0 aliphatic carbocycles. The number of aromatic nitrogens is 3. The minimum Gasteiger partial charge on any atom is -0.481 e. The highest BCUT2D eigenvalue weighted by molar-refractivity contribution is 7.18. The number of anilines is 2. The average Bonchev–Trinajstić information content (AvgIpc) is 3.75. The van der Waals surface area contributed by atoms with Crippen LogP contribution < -0.4 is 20.7 Å². The fourth-order valence-corrected chi connectivity index (χ4v) is 8.33. The Morgan fingerprint density at radius 2 is 1.84 bits per heavy atom. The van der Waals surface area contributed by atoms with Crippen LogP contribution in [0, 0.1) is 0 Å². The summed E-state index contributed by atoms with van der Waals surface area (Å²) < 4.78 is 6.59. The van der Waals surface area contributed by atoms with Crippen LogP contribution in [0.1, 0.15) is 42.7 Å². The minimum absolute atomic E-state index is 0.0934. The molecule has 51 heavy (non-hydrogen) atoms. The molecule has 0 spiro atoms. The van der Waals surface area contributed by atoms with Crippen molar-refractivity contribution in [3.05, 3.63) is 81.4 Å². The number of nitrogens with one attached hydrogen (secondary N) is 3. The molecule has 5 aromatic rings. The number of pyridine rings is 2. The second kappa shape index (κ2) is 15.5. The van der Waals surface area contributed by atoms with Gasteiger partial charge < -0.3 is 25.8 Å². The number of ether oxygens (including phenoxy) is 1. The zero-order valence-corrected chi connectivity index (χ0v) is 30.2. The molecule has 2 aliphatic heterocycles. The van der Waals surface area contributed by atoms with E-state index in [2.05, 4.69) is 20.9 Å². The number of carboxylic acids is 1.